The van der Waals surface area contributed by atoms with E-state index < -0.39 is 0 Å². The van der Waals surface area contributed by atoms with Crippen molar-refractivity contribution in [3.63, 3.8) is 0 Å². The molecule has 0 saturated carbocycles. The molecule has 0 saturated heterocycles. The van der Waals surface area contributed by atoms with Crippen LogP contribution in [0.5, 0.6) is 0 Å². The second-order valence-electron chi connectivity index (χ2n) is 5.91. The third-order valence-electron chi connectivity index (χ3n) is 4.14. The summed E-state index contributed by atoms with van der Waals surface area (Å²) in [5.41, 5.74) is 3.33. The average molecular weight is 318 g/mol. The van der Waals surface area contributed by atoms with Crippen LogP contribution in [-0.4, -0.2) is 10.8 Å². The first kappa shape index (κ1) is 16.2. The van der Waals surface area contributed by atoms with Gasteiger partial charge in [0, 0.05) is 6.42 Å². The van der Waals surface area contributed by atoms with Gasteiger partial charge < -0.3 is 4.98 Å². The molecule has 3 aromatic rings. The number of Topliss-reactive ketones (excluding diaryl/α,β-unsaturated/α-hetero) is 1. The molecule has 1 N–H and O–H groups in total. The number of aromatic nitrogens is 1. The first-order chi connectivity index (χ1) is 11.7. The second kappa shape index (κ2) is 7.26. The van der Waals surface area contributed by atoms with Gasteiger partial charge in [0.05, 0.1) is 11.4 Å². The van der Waals surface area contributed by atoms with E-state index in [1.165, 1.54) is 5.39 Å². The molecule has 0 aliphatic heterocycles. The number of benzene rings is 2. The van der Waals surface area contributed by atoms with Crippen molar-refractivity contribution in [3.8, 4) is 0 Å². The molecular weight excluding hydrogens is 296 g/mol. The number of nitrogens with zero attached hydrogens (tertiary/aromatic N) is 1. The highest BCUT2D eigenvalue weighted by Crippen LogP contribution is 2.20. The molecule has 0 radical (unpaired) electrons. The van der Waals surface area contributed by atoms with Gasteiger partial charge in [-0.15, -0.1) is 0 Å². The molecule has 0 spiro atoms. The Kier molecular flexibility index (Phi) is 4.90. The summed E-state index contributed by atoms with van der Waals surface area (Å²) < 4.78 is 0. The number of aryl methyl sites for hydroxylation is 1. The van der Waals surface area contributed by atoms with Crippen molar-refractivity contribution in [2.45, 2.75) is 33.1 Å². The van der Waals surface area contributed by atoms with Crippen LogP contribution in [0.25, 0.3) is 10.8 Å². The molecule has 0 fully saturated rings. The predicted octanol–water partition coefficient (Wildman–Crippen LogP) is 4.95. The summed E-state index contributed by atoms with van der Waals surface area (Å²) in [7, 11) is 0. The Morgan fingerprint density at radius 3 is 2.54 bits per heavy atom. The van der Waals surface area contributed by atoms with Crippen molar-refractivity contribution in [3.05, 3.63) is 71.3 Å². The normalized spacial score (nSPS) is 11.8. The number of hydrogen-bond donors (Lipinski definition) is 1. The molecule has 0 bridgehead atoms. The minimum absolute atomic E-state index is 0.157. The lowest BCUT2D eigenvalue weighted by molar-refractivity contribution is 0.0975. The third kappa shape index (κ3) is 3.46. The number of pyridine rings is 1. The minimum atomic E-state index is 0.157. The van der Waals surface area contributed by atoms with Gasteiger partial charge in [0.15, 0.2) is 5.78 Å². The first-order valence-corrected chi connectivity index (χ1v) is 8.50. The number of fused-ring (bicyclic) bond motifs is 1. The number of aromatic amines is 1. The zero-order valence-corrected chi connectivity index (χ0v) is 14.2. The molecule has 3 rings (SSSR count). The van der Waals surface area contributed by atoms with Crippen LogP contribution >= 0.6 is 0 Å². The predicted molar refractivity (Wildman–Crippen MR) is 98.6 cm³/mol. The molecule has 122 valence electrons. The quantitative estimate of drug-likeness (QED) is 0.665. The maximum Gasteiger partial charge on any atom is 0.179 e. The summed E-state index contributed by atoms with van der Waals surface area (Å²) in [6.07, 6.45) is 2.24. The first-order valence-electron chi connectivity index (χ1n) is 8.50. The number of H-pyrrole nitrogens is 1. The lowest BCUT2D eigenvalue weighted by atomic mass is 10.1. The Morgan fingerprint density at radius 2 is 1.79 bits per heavy atom. The van der Waals surface area contributed by atoms with Crippen molar-refractivity contribution in [2.75, 3.05) is 0 Å². The molecule has 0 aliphatic carbocycles. The topological polar surface area (TPSA) is 45.2 Å². The third-order valence-corrected chi connectivity index (χ3v) is 4.14. The van der Waals surface area contributed by atoms with E-state index in [1.54, 1.807) is 0 Å². The number of ketones is 1. The summed E-state index contributed by atoms with van der Waals surface area (Å²) >= 11 is 0. The SMILES string of the molecule is CCCC(=O)c1[nH]c(=Nc2ccc3ccccc3c2)ccc1CC. The molecule has 1 aromatic heterocycles. The number of carbonyl (C=O) groups is 1. The number of nitrogens with one attached hydrogen (secondary N) is 1. The molecule has 1 heterocycles. The highest BCUT2D eigenvalue weighted by Gasteiger charge is 2.10. The van der Waals surface area contributed by atoms with Gasteiger partial charge in [-0.25, -0.2) is 4.99 Å². The lowest BCUT2D eigenvalue weighted by Crippen LogP contribution is -2.15. The second-order valence-corrected chi connectivity index (χ2v) is 5.91. The van der Waals surface area contributed by atoms with Crippen LogP contribution in [-0.2, 0) is 6.42 Å². The zero-order chi connectivity index (χ0) is 16.9. The summed E-state index contributed by atoms with van der Waals surface area (Å²) in [6, 6.07) is 18.3. The monoisotopic (exact) mass is 318 g/mol. The van der Waals surface area contributed by atoms with Crippen molar-refractivity contribution < 1.29 is 4.79 Å². The molecule has 3 heteroatoms. The van der Waals surface area contributed by atoms with Crippen molar-refractivity contribution >= 4 is 22.2 Å². The van der Waals surface area contributed by atoms with Gasteiger partial charge in [-0.3, -0.25) is 4.79 Å². The number of carbonyl (C=O) groups excluding carboxylic acids is 1. The summed E-state index contributed by atoms with van der Waals surface area (Å²) in [6.45, 7) is 4.08. The lowest BCUT2D eigenvalue weighted by Gasteiger charge is -2.06. The Bertz CT molecular complexity index is 938. The van der Waals surface area contributed by atoms with Gasteiger partial charge in [-0.05, 0) is 47.4 Å². The fourth-order valence-corrected chi connectivity index (χ4v) is 2.86. The van der Waals surface area contributed by atoms with E-state index in [-0.39, 0.29) is 5.78 Å². The molecule has 0 aliphatic rings. The summed E-state index contributed by atoms with van der Waals surface area (Å²) in [5, 5.41) is 2.35. The van der Waals surface area contributed by atoms with Crippen molar-refractivity contribution in [2.24, 2.45) is 4.99 Å². The van der Waals surface area contributed by atoms with Crippen LogP contribution in [0.3, 0.4) is 0 Å². The molecule has 0 amide bonds. The van der Waals surface area contributed by atoms with Crippen molar-refractivity contribution in [1.82, 2.24) is 4.98 Å². The van der Waals surface area contributed by atoms with Crippen LogP contribution in [0.4, 0.5) is 5.69 Å². The van der Waals surface area contributed by atoms with Crippen LogP contribution < -0.4 is 5.49 Å². The molecule has 24 heavy (non-hydrogen) atoms. The van der Waals surface area contributed by atoms with E-state index in [0.717, 1.165) is 29.5 Å². The smallest absolute Gasteiger partial charge is 0.179 e. The van der Waals surface area contributed by atoms with Crippen LogP contribution in [0, 0.1) is 0 Å². The van der Waals surface area contributed by atoms with Gasteiger partial charge >= 0.3 is 0 Å². The molecule has 0 unspecified atom stereocenters. The molecular formula is C21H22N2O. The summed E-state index contributed by atoms with van der Waals surface area (Å²) in [4.78, 5) is 20.2. The Balaban J connectivity index is 2.05. The molecule has 2 aromatic carbocycles. The van der Waals surface area contributed by atoms with Gasteiger partial charge in [0.2, 0.25) is 0 Å². The fraction of sp³-hybridized carbons (Fsp3) is 0.238. The van der Waals surface area contributed by atoms with Crippen LogP contribution in [0.1, 0.15) is 42.7 Å². The average Bonchev–Trinajstić information content (AvgIpc) is 2.62. The van der Waals surface area contributed by atoms with E-state index in [1.807, 2.05) is 37.3 Å². The van der Waals surface area contributed by atoms with Gasteiger partial charge in [-0.2, -0.15) is 0 Å². The van der Waals surface area contributed by atoms with Crippen molar-refractivity contribution in [1.29, 1.82) is 0 Å². The van der Waals surface area contributed by atoms with E-state index in [4.69, 9.17) is 0 Å². The highest BCUT2D eigenvalue weighted by molar-refractivity contribution is 5.95. The van der Waals surface area contributed by atoms with Crippen LogP contribution in [0.15, 0.2) is 59.6 Å². The van der Waals surface area contributed by atoms with Gasteiger partial charge in [0.25, 0.3) is 0 Å². The molecule has 3 nitrogen and oxygen atoms in total. The molecule has 0 atom stereocenters. The van der Waals surface area contributed by atoms with E-state index in [2.05, 4.69) is 41.2 Å². The minimum Gasteiger partial charge on any atom is -0.337 e. The Morgan fingerprint density at radius 1 is 1.00 bits per heavy atom. The van der Waals surface area contributed by atoms with E-state index in [9.17, 15) is 4.79 Å². The fourth-order valence-electron chi connectivity index (χ4n) is 2.86. The Labute approximate surface area is 142 Å². The maximum absolute atomic E-state index is 12.3. The van der Waals surface area contributed by atoms with Crippen LogP contribution in [0.2, 0.25) is 0 Å². The zero-order valence-electron chi connectivity index (χ0n) is 14.2. The van der Waals surface area contributed by atoms with E-state index >= 15 is 0 Å². The van der Waals surface area contributed by atoms with Gasteiger partial charge in [-0.1, -0.05) is 50.2 Å². The summed E-state index contributed by atoms with van der Waals surface area (Å²) in [5.74, 6) is 0.157. The highest BCUT2D eigenvalue weighted by atomic mass is 16.1. The number of rotatable bonds is 5. The number of hydrogen-bond acceptors (Lipinski definition) is 2. The maximum atomic E-state index is 12.3. The largest absolute Gasteiger partial charge is 0.337 e. The standard InChI is InChI=1S/C21H22N2O/c1-3-7-19(24)21-15(4-2)11-13-20(23-21)22-18-12-10-16-8-5-6-9-17(16)14-18/h5-6,8-14H,3-4,7H2,1-2H3,(H,22,23). The van der Waals surface area contributed by atoms with Gasteiger partial charge in [0.1, 0.15) is 5.49 Å². The Hall–Kier alpha value is -2.68. The van der Waals surface area contributed by atoms with E-state index in [0.29, 0.717) is 17.6 Å².